The zero-order chi connectivity index (χ0) is 19.8. The number of nitrogens with zero attached hydrogens (tertiary/aromatic N) is 1. The Bertz CT molecular complexity index is 1170. The summed E-state index contributed by atoms with van der Waals surface area (Å²) in [5, 5.41) is 24.1. The third kappa shape index (κ3) is 3.86. The Morgan fingerprint density at radius 3 is 2.26 bits per heavy atom. The molecule has 0 aliphatic heterocycles. The first kappa shape index (κ1) is 18.3. The second-order valence-corrected chi connectivity index (χ2v) is 7.03. The molecule has 0 unspecified atom stereocenters. The Labute approximate surface area is 152 Å². The van der Waals surface area contributed by atoms with E-state index in [9.17, 15) is 28.4 Å². The quantitative estimate of drug-likeness (QED) is 0.269. The van der Waals surface area contributed by atoms with Gasteiger partial charge in [-0.05, 0) is 47.2 Å². The number of phenolic OH excluding ortho intramolecular Hbond substituents is 1. The van der Waals surface area contributed by atoms with Gasteiger partial charge in [0.25, 0.3) is 21.7 Å². The van der Waals surface area contributed by atoms with Crippen LogP contribution in [0, 0.1) is 10.1 Å². The highest BCUT2D eigenvalue weighted by atomic mass is 32.2. The number of hydrogen-bond acceptors (Lipinski definition) is 6. The molecule has 0 bridgehead atoms. The Kier molecular flexibility index (Phi) is 4.52. The number of nitro benzene ring substituents is 1. The van der Waals surface area contributed by atoms with E-state index in [1.807, 2.05) is 0 Å². The van der Waals surface area contributed by atoms with Crippen LogP contribution in [0.4, 0.5) is 11.4 Å². The molecule has 0 saturated carbocycles. The van der Waals surface area contributed by atoms with Crippen molar-refractivity contribution in [1.29, 1.82) is 0 Å². The Morgan fingerprint density at radius 2 is 1.67 bits per heavy atom. The average Bonchev–Trinajstić information content (AvgIpc) is 2.61. The summed E-state index contributed by atoms with van der Waals surface area (Å²) in [6, 6.07) is 11.4. The smallest absolute Gasteiger partial charge is 0.294 e. The van der Waals surface area contributed by atoms with Gasteiger partial charge in [-0.3, -0.25) is 19.5 Å². The van der Waals surface area contributed by atoms with E-state index in [0.717, 1.165) is 0 Å². The maximum atomic E-state index is 12.3. The van der Waals surface area contributed by atoms with Gasteiger partial charge in [0.15, 0.2) is 0 Å². The summed E-state index contributed by atoms with van der Waals surface area (Å²) < 4.78 is 31.5. The van der Waals surface area contributed by atoms with Crippen LogP contribution in [-0.4, -0.2) is 28.9 Å². The van der Waals surface area contributed by atoms with E-state index in [0.29, 0.717) is 10.8 Å². The zero-order valence-electron chi connectivity index (χ0n) is 13.5. The van der Waals surface area contributed by atoms with Gasteiger partial charge in [-0.1, -0.05) is 6.07 Å². The van der Waals surface area contributed by atoms with Crippen molar-refractivity contribution >= 4 is 38.2 Å². The third-order valence-corrected chi connectivity index (χ3v) is 4.66. The van der Waals surface area contributed by atoms with Gasteiger partial charge in [-0.15, -0.1) is 0 Å². The molecule has 0 heterocycles. The fourth-order valence-corrected chi connectivity index (χ4v) is 2.97. The normalized spacial score (nSPS) is 11.3. The van der Waals surface area contributed by atoms with E-state index < -0.39 is 20.9 Å². The highest BCUT2D eigenvalue weighted by Crippen LogP contribution is 2.31. The monoisotopic (exact) mass is 388 g/mol. The molecule has 0 aliphatic carbocycles. The summed E-state index contributed by atoms with van der Waals surface area (Å²) in [5.74, 6) is -0.903. The number of aromatic hydroxyl groups is 1. The van der Waals surface area contributed by atoms with E-state index in [1.165, 1.54) is 54.6 Å². The standard InChI is InChI=1S/C17H12N2O7S/c20-16-9-12-7-14(27(24,25)26)6-3-11(12)8-15(16)18-17(21)10-1-4-13(5-2-10)19(22)23/h1-9,20H,(H,18,21)(H,24,25,26). The molecule has 0 aliphatic rings. The fourth-order valence-electron chi connectivity index (χ4n) is 2.45. The van der Waals surface area contributed by atoms with Crippen molar-refractivity contribution in [2.75, 3.05) is 5.32 Å². The molecule has 0 aromatic heterocycles. The number of nitro groups is 1. The average molecular weight is 388 g/mol. The first-order chi connectivity index (χ1) is 12.6. The molecule has 0 radical (unpaired) electrons. The molecular formula is C17H12N2O7S. The van der Waals surface area contributed by atoms with Gasteiger partial charge >= 0.3 is 0 Å². The molecule has 0 fully saturated rings. The molecule has 10 heteroatoms. The van der Waals surface area contributed by atoms with Crippen LogP contribution < -0.4 is 5.32 Å². The van der Waals surface area contributed by atoms with E-state index in [2.05, 4.69) is 5.32 Å². The highest BCUT2D eigenvalue weighted by molar-refractivity contribution is 7.85. The second kappa shape index (κ2) is 6.67. The minimum absolute atomic E-state index is 0.0745. The summed E-state index contributed by atoms with van der Waals surface area (Å²) in [4.78, 5) is 22.0. The van der Waals surface area contributed by atoms with Gasteiger partial charge in [-0.2, -0.15) is 8.42 Å². The van der Waals surface area contributed by atoms with Gasteiger partial charge in [0.2, 0.25) is 0 Å². The molecule has 0 atom stereocenters. The number of phenols is 1. The van der Waals surface area contributed by atoms with E-state index in [1.54, 1.807) is 0 Å². The summed E-state index contributed by atoms with van der Waals surface area (Å²) in [5.41, 5.74) is 0.0713. The number of hydrogen-bond donors (Lipinski definition) is 3. The first-order valence-electron chi connectivity index (χ1n) is 7.45. The van der Waals surface area contributed by atoms with Crippen LogP contribution >= 0.6 is 0 Å². The van der Waals surface area contributed by atoms with E-state index in [-0.39, 0.29) is 27.6 Å². The number of non-ortho nitro benzene ring substituents is 1. The molecule has 3 N–H and O–H groups in total. The number of rotatable bonds is 4. The molecule has 1 amide bonds. The zero-order valence-corrected chi connectivity index (χ0v) is 14.3. The minimum Gasteiger partial charge on any atom is -0.506 e. The summed E-state index contributed by atoms with van der Waals surface area (Å²) in [6.07, 6.45) is 0. The number of carbonyl (C=O) groups excluding carboxylic acids is 1. The van der Waals surface area contributed by atoms with Crippen LogP contribution in [0.1, 0.15) is 10.4 Å². The largest absolute Gasteiger partial charge is 0.506 e. The van der Waals surface area contributed by atoms with Crippen LogP contribution in [0.2, 0.25) is 0 Å². The van der Waals surface area contributed by atoms with Gasteiger partial charge in [-0.25, -0.2) is 0 Å². The summed E-state index contributed by atoms with van der Waals surface area (Å²) >= 11 is 0. The predicted molar refractivity (Wildman–Crippen MR) is 96.5 cm³/mol. The third-order valence-electron chi connectivity index (χ3n) is 3.81. The highest BCUT2D eigenvalue weighted by Gasteiger charge is 2.14. The topological polar surface area (TPSA) is 147 Å². The maximum absolute atomic E-state index is 12.3. The van der Waals surface area contributed by atoms with Gasteiger partial charge in [0.05, 0.1) is 15.5 Å². The lowest BCUT2D eigenvalue weighted by Gasteiger charge is -2.10. The number of anilines is 1. The number of carbonyl (C=O) groups is 1. The predicted octanol–water partition coefficient (Wildman–Crippen LogP) is 2.95. The molecule has 138 valence electrons. The van der Waals surface area contributed by atoms with Crippen LogP contribution in [0.15, 0.2) is 59.5 Å². The van der Waals surface area contributed by atoms with Crippen LogP contribution in [0.25, 0.3) is 10.8 Å². The van der Waals surface area contributed by atoms with Crippen LogP contribution in [0.5, 0.6) is 5.75 Å². The molecular weight excluding hydrogens is 376 g/mol. The van der Waals surface area contributed by atoms with Crippen molar-refractivity contribution in [1.82, 2.24) is 0 Å². The molecule has 9 nitrogen and oxygen atoms in total. The SMILES string of the molecule is O=C(Nc1cc2ccc(S(=O)(=O)O)cc2cc1O)c1ccc([N+](=O)[O-])cc1. The Morgan fingerprint density at radius 1 is 1.00 bits per heavy atom. The molecule has 27 heavy (non-hydrogen) atoms. The number of benzene rings is 3. The Balaban J connectivity index is 1.91. The van der Waals surface area contributed by atoms with Crippen LogP contribution in [-0.2, 0) is 10.1 Å². The number of nitrogens with one attached hydrogen (secondary N) is 1. The lowest BCUT2D eigenvalue weighted by molar-refractivity contribution is -0.384. The number of amides is 1. The van der Waals surface area contributed by atoms with Crippen molar-refractivity contribution in [2.45, 2.75) is 4.90 Å². The van der Waals surface area contributed by atoms with Crippen molar-refractivity contribution in [2.24, 2.45) is 0 Å². The molecule has 3 aromatic carbocycles. The first-order valence-corrected chi connectivity index (χ1v) is 8.89. The molecule has 0 spiro atoms. The summed E-state index contributed by atoms with van der Waals surface area (Å²) in [7, 11) is -4.38. The minimum atomic E-state index is -4.38. The van der Waals surface area contributed by atoms with Gasteiger partial charge in [0.1, 0.15) is 5.75 Å². The van der Waals surface area contributed by atoms with Crippen molar-refractivity contribution in [3.8, 4) is 5.75 Å². The number of fused-ring (bicyclic) bond motifs is 1. The lowest BCUT2D eigenvalue weighted by atomic mass is 10.1. The van der Waals surface area contributed by atoms with Crippen LogP contribution in [0.3, 0.4) is 0 Å². The van der Waals surface area contributed by atoms with Crippen molar-refractivity contribution < 1.29 is 27.8 Å². The van der Waals surface area contributed by atoms with E-state index >= 15 is 0 Å². The molecule has 3 aromatic rings. The Hall–Kier alpha value is -3.50. The second-order valence-electron chi connectivity index (χ2n) is 5.61. The van der Waals surface area contributed by atoms with Gasteiger partial charge < -0.3 is 10.4 Å². The maximum Gasteiger partial charge on any atom is 0.294 e. The molecule has 0 saturated heterocycles. The van der Waals surface area contributed by atoms with Crippen molar-refractivity contribution in [3.05, 3.63) is 70.3 Å². The van der Waals surface area contributed by atoms with Gasteiger partial charge in [0, 0.05) is 17.7 Å². The van der Waals surface area contributed by atoms with E-state index in [4.69, 9.17) is 4.55 Å². The van der Waals surface area contributed by atoms with Crippen molar-refractivity contribution in [3.63, 3.8) is 0 Å². The molecule has 3 rings (SSSR count). The lowest BCUT2D eigenvalue weighted by Crippen LogP contribution is -2.12. The fraction of sp³-hybridized carbons (Fsp3) is 0. The summed E-state index contributed by atoms with van der Waals surface area (Å²) in [6.45, 7) is 0.